The second kappa shape index (κ2) is 4.97. The summed E-state index contributed by atoms with van der Waals surface area (Å²) in [6, 6.07) is 0. The van der Waals surface area contributed by atoms with Crippen molar-refractivity contribution in [1.82, 2.24) is 15.1 Å². The molecule has 1 heterocycles. The van der Waals surface area contributed by atoms with E-state index in [0.717, 1.165) is 38.8 Å². The summed E-state index contributed by atoms with van der Waals surface area (Å²) >= 11 is 0. The number of aliphatic hydroxyl groups is 1. The molecular weight excluding hydrogens is 202 g/mol. The molecule has 1 fully saturated rings. The van der Waals surface area contributed by atoms with E-state index in [4.69, 9.17) is 0 Å². The zero-order chi connectivity index (χ0) is 11.4. The molecule has 2 N–H and O–H groups in total. The van der Waals surface area contributed by atoms with Crippen LogP contribution in [0.25, 0.3) is 0 Å². The van der Waals surface area contributed by atoms with Crippen molar-refractivity contribution in [3.05, 3.63) is 18.0 Å². The predicted molar refractivity (Wildman–Crippen MR) is 63.3 cm³/mol. The van der Waals surface area contributed by atoms with Crippen molar-refractivity contribution in [2.75, 3.05) is 13.1 Å². The highest BCUT2D eigenvalue weighted by Crippen LogP contribution is 2.28. The third kappa shape index (κ3) is 3.06. The largest absolute Gasteiger partial charge is 0.389 e. The number of hydrogen-bond acceptors (Lipinski definition) is 3. The Morgan fingerprint density at radius 2 is 2.25 bits per heavy atom. The van der Waals surface area contributed by atoms with E-state index in [9.17, 15) is 5.11 Å². The molecule has 0 saturated heterocycles. The minimum atomic E-state index is -0.444. The lowest BCUT2D eigenvalue weighted by Gasteiger charge is -2.22. The molecule has 0 aromatic carbocycles. The average Bonchev–Trinajstić information content (AvgIpc) is 2.84. The average molecular weight is 223 g/mol. The molecule has 90 valence electrons. The molecule has 0 radical (unpaired) electrons. The van der Waals surface area contributed by atoms with Crippen LogP contribution in [0.3, 0.4) is 0 Å². The van der Waals surface area contributed by atoms with Crippen LogP contribution in [0.2, 0.25) is 0 Å². The van der Waals surface area contributed by atoms with Gasteiger partial charge in [-0.1, -0.05) is 12.8 Å². The van der Waals surface area contributed by atoms with Crippen LogP contribution in [0.15, 0.2) is 12.4 Å². The molecule has 1 aromatic heterocycles. The van der Waals surface area contributed by atoms with E-state index in [1.165, 1.54) is 5.56 Å². The molecule has 0 amide bonds. The molecular formula is C12H21N3O. The minimum absolute atomic E-state index is 0.444. The molecule has 1 aliphatic rings. The maximum absolute atomic E-state index is 10.1. The molecule has 0 atom stereocenters. The maximum Gasteiger partial charge on any atom is 0.0771 e. The maximum atomic E-state index is 10.1. The van der Waals surface area contributed by atoms with Crippen molar-refractivity contribution in [2.24, 2.45) is 0 Å². The third-order valence-corrected chi connectivity index (χ3v) is 3.27. The van der Waals surface area contributed by atoms with Crippen LogP contribution in [-0.4, -0.2) is 33.6 Å². The first kappa shape index (κ1) is 11.6. The van der Waals surface area contributed by atoms with Gasteiger partial charge in [-0.15, -0.1) is 0 Å². The molecule has 4 nitrogen and oxygen atoms in total. The van der Waals surface area contributed by atoms with E-state index in [1.54, 1.807) is 0 Å². The highest BCUT2D eigenvalue weighted by Gasteiger charge is 2.30. The van der Waals surface area contributed by atoms with Crippen LogP contribution in [0.4, 0.5) is 0 Å². The molecule has 2 rings (SSSR count). The first-order valence-corrected chi connectivity index (χ1v) is 6.10. The second-order valence-electron chi connectivity index (χ2n) is 4.89. The van der Waals surface area contributed by atoms with Crippen LogP contribution < -0.4 is 5.32 Å². The minimum Gasteiger partial charge on any atom is -0.389 e. The van der Waals surface area contributed by atoms with Crippen molar-refractivity contribution in [3.8, 4) is 0 Å². The molecule has 16 heavy (non-hydrogen) atoms. The van der Waals surface area contributed by atoms with Crippen LogP contribution in [0.1, 0.15) is 31.2 Å². The summed E-state index contributed by atoms with van der Waals surface area (Å²) in [4.78, 5) is 0. The SMILES string of the molecule is Cc1cnn(CCNCC2(O)CCCC2)c1. The number of nitrogens with zero attached hydrogens (tertiary/aromatic N) is 2. The Hall–Kier alpha value is -0.870. The quantitative estimate of drug-likeness (QED) is 0.735. The first-order valence-electron chi connectivity index (χ1n) is 6.10. The third-order valence-electron chi connectivity index (χ3n) is 3.27. The Kier molecular flexibility index (Phi) is 3.61. The fraction of sp³-hybridized carbons (Fsp3) is 0.750. The van der Waals surface area contributed by atoms with Gasteiger partial charge < -0.3 is 10.4 Å². The molecule has 4 heteroatoms. The Labute approximate surface area is 96.7 Å². The molecule has 1 aromatic rings. The second-order valence-corrected chi connectivity index (χ2v) is 4.89. The smallest absolute Gasteiger partial charge is 0.0771 e. The Bertz CT molecular complexity index is 329. The standard InChI is InChI=1S/C12H21N3O/c1-11-8-14-15(9-11)7-6-13-10-12(16)4-2-3-5-12/h8-9,13,16H,2-7,10H2,1H3. The van der Waals surface area contributed by atoms with E-state index in [-0.39, 0.29) is 0 Å². The van der Waals surface area contributed by atoms with Crippen molar-refractivity contribution >= 4 is 0 Å². The van der Waals surface area contributed by atoms with E-state index >= 15 is 0 Å². The fourth-order valence-electron chi connectivity index (χ4n) is 2.31. The molecule has 0 unspecified atom stereocenters. The first-order chi connectivity index (χ1) is 7.68. The van der Waals surface area contributed by atoms with Gasteiger partial charge in [0.2, 0.25) is 0 Å². The number of rotatable bonds is 5. The van der Waals surface area contributed by atoms with Crippen molar-refractivity contribution in [3.63, 3.8) is 0 Å². The summed E-state index contributed by atoms with van der Waals surface area (Å²) in [6.07, 6.45) is 8.12. The predicted octanol–water partition coefficient (Wildman–Crippen LogP) is 1.09. The number of nitrogens with one attached hydrogen (secondary N) is 1. The van der Waals surface area contributed by atoms with E-state index in [1.807, 2.05) is 24.0 Å². The van der Waals surface area contributed by atoms with Gasteiger partial charge in [0.15, 0.2) is 0 Å². The summed E-state index contributed by atoms with van der Waals surface area (Å²) in [7, 11) is 0. The van der Waals surface area contributed by atoms with Gasteiger partial charge in [-0.25, -0.2) is 0 Å². The van der Waals surface area contributed by atoms with Crippen LogP contribution in [0.5, 0.6) is 0 Å². The number of hydrogen-bond donors (Lipinski definition) is 2. The zero-order valence-electron chi connectivity index (χ0n) is 9.95. The highest BCUT2D eigenvalue weighted by atomic mass is 16.3. The van der Waals surface area contributed by atoms with Crippen LogP contribution >= 0.6 is 0 Å². The number of aryl methyl sites for hydroxylation is 1. The highest BCUT2D eigenvalue weighted by molar-refractivity contribution is 4.99. The van der Waals surface area contributed by atoms with Gasteiger partial charge in [0, 0.05) is 19.3 Å². The fourth-order valence-corrected chi connectivity index (χ4v) is 2.31. The molecule has 1 saturated carbocycles. The van der Waals surface area contributed by atoms with E-state index in [0.29, 0.717) is 6.54 Å². The summed E-state index contributed by atoms with van der Waals surface area (Å²) in [5.74, 6) is 0. The molecule has 0 bridgehead atoms. The van der Waals surface area contributed by atoms with Crippen molar-refractivity contribution < 1.29 is 5.11 Å². The monoisotopic (exact) mass is 223 g/mol. The lowest BCUT2D eigenvalue weighted by Crippen LogP contribution is -2.39. The Morgan fingerprint density at radius 3 is 2.88 bits per heavy atom. The van der Waals surface area contributed by atoms with Crippen molar-refractivity contribution in [2.45, 2.75) is 44.8 Å². The number of aromatic nitrogens is 2. The Morgan fingerprint density at radius 1 is 1.50 bits per heavy atom. The molecule has 1 aliphatic carbocycles. The Balaban J connectivity index is 1.65. The summed E-state index contributed by atoms with van der Waals surface area (Å²) in [5.41, 5.74) is 0.745. The van der Waals surface area contributed by atoms with Gasteiger partial charge in [-0.05, 0) is 25.3 Å². The van der Waals surface area contributed by atoms with Gasteiger partial charge in [0.25, 0.3) is 0 Å². The van der Waals surface area contributed by atoms with Gasteiger partial charge >= 0.3 is 0 Å². The van der Waals surface area contributed by atoms with Gasteiger partial charge in [-0.2, -0.15) is 5.10 Å². The topological polar surface area (TPSA) is 50.1 Å². The normalized spacial score (nSPS) is 19.1. The summed E-state index contributed by atoms with van der Waals surface area (Å²) in [5, 5.41) is 17.6. The molecule has 0 spiro atoms. The summed E-state index contributed by atoms with van der Waals surface area (Å²) < 4.78 is 1.93. The van der Waals surface area contributed by atoms with Crippen LogP contribution in [-0.2, 0) is 6.54 Å². The van der Waals surface area contributed by atoms with E-state index < -0.39 is 5.60 Å². The summed E-state index contributed by atoms with van der Waals surface area (Å²) in [6.45, 7) is 4.48. The lowest BCUT2D eigenvalue weighted by atomic mass is 10.0. The van der Waals surface area contributed by atoms with Gasteiger partial charge in [-0.3, -0.25) is 4.68 Å². The molecule has 0 aliphatic heterocycles. The van der Waals surface area contributed by atoms with E-state index in [2.05, 4.69) is 10.4 Å². The lowest BCUT2D eigenvalue weighted by molar-refractivity contribution is 0.0477. The van der Waals surface area contributed by atoms with Crippen molar-refractivity contribution in [1.29, 1.82) is 0 Å². The van der Waals surface area contributed by atoms with Crippen LogP contribution in [0, 0.1) is 6.92 Å². The zero-order valence-corrected chi connectivity index (χ0v) is 9.95. The van der Waals surface area contributed by atoms with Gasteiger partial charge in [0.1, 0.15) is 0 Å². The van der Waals surface area contributed by atoms with Gasteiger partial charge in [0.05, 0.1) is 18.3 Å².